The van der Waals surface area contributed by atoms with E-state index in [4.69, 9.17) is 33.7 Å². The molecule has 0 heterocycles. The molecule has 2 atom stereocenters. The number of hydrogen-bond acceptors (Lipinski definition) is 2. The zero-order valence-corrected chi connectivity index (χ0v) is 13.7. The molecular formula is C17H19Cl2NO. The van der Waals surface area contributed by atoms with E-state index in [1.807, 2.05) is 56.3 Å². The molecule has 2 aromatic carbocycles. The average molecular weight is 324 g/mol. The van der Waals surface area contributed by atoms with Gasteiger partial charge in [0, 0.05) is 16.1 Å². The lowest BCUT2D eigenvalue weighted by molar-refractivity contribution is 0.171. The molecule has 0 bridgehead atoms. The van der Waals surface area contributed by atoms with E-state index in [2.05, 4.69) is 0 Å². The summed E-state index contributed by atoms with van der Waals surface area (Å²) >= 11 is 12.1. The monoisotopic (exact) mass is 323 g/mol. The second kappa shape index (κ2) is 7.17. The number of ether oxygens (including phenoxy) is 1. The number of hydrogen-bond donors (Lipinski definition) is 1. The van der Waals surface area contributed by atoms with Gasteiger partial charge in [0.15, 0.2) is 0 Å². The van der Waals surface area contributed by atoms with Crippen LogP contribution in [0.5, 0.6) is 5.75 Å². The van der Waals surface area contributed by atoms with Gasteiger partial charge in [-0.25, -0.2) is 0 Å². The Bertz CT molecular complexity index is 615. The lowest BCUT2D eigenvalue weighted by atomic mass is 10.0. The largest absolute Gasteiger partial charge is 0.484 e. The van der Waals surface area contributed by atoms with E-state index in [1.165, 1.54) is 0 Å². The van der Waals surface area contributed by atoms with Gasteiger partial charge in [-0.1, -0.05) is 42.3 Å². The number of halogens is 2. The molecule has 4 heteroatoms. The minimum Gasteiger partial charge on any atom is -0.484 e. The van der Waals surface area contributed by atoms with Gasteiger partial charge in [0.1, 0.15) is 11.9 Å². The highest BCUT2D eigenvalue weighted by atomic mass is 35.5. The summed E-state index contributed by atoms with van der Waals surface area (Å²) in [5.74, 6) is 0.755. The SMILES string of the molecule is CCC(N)C(Oc1ccc(Cl)c(C)c1)c1cccc(Cl)c1. The smallest absolute Gasteiger partial charge is 0.139 e. The summed E-state index contributed by atoms with van der Waals surface area (Å²) in [4.78, 5) is 0. The zero-order valence-electron chi connectivity index (χ0n) is 12.1. The Morgan fingerprint density at radius 2 is 1.90 bits per heavy atom. The van der Waals surface area contributed by atoms with Gasteiger partial charge in [0.25, 0.3) is 0 Å². The lowest BCUT2D eigenvalue weighted by Gasteiger charge is -2.25. The Hall–Kier alpha value is -1.22. The fraction of sp³-hybridized carbons (Fsp3) is 0.294. The molecule has 2 rings (SSSR count). The first-order valence-corrected chi connectivity index (χ1v) is 7.70. The van der Waals surface area contributed by atoms with Crippen LogP contribution in [0.1, 0.15) is 30.6 Å². The Morgan fingerprint density at radius 3 is 2.52 bits per heavy atom. The average Bonchev–Trinajstić information content (AvgIpc) is 2.47. The molecule has 0 spiro atoms. The molecule has 0 aliphatic heterocycles. The Kier molecular flexibility index (Phi) is 5.51. The molecule has 2 unspecified atom stereocenters. The van der Waals surface area contributed by atoms with Crippen LogP contribution in [0.4, 0.5) is 0 Å². The topological polar surface area (TPSA) is 35.2 Å². The molecular weight excluding hydrogens is 305 g/mol. The maximum Gasteiger partial charge on any atom is 0.139 e. The molecule has 0 radical (unpaired) electrons. The first-order valence-electron chi connectivity index (χ1n) is 6.95. The van der Waals surface area contributed by atoms with Crippen molar-refractivity contribution < 1.29 is 4.74 Å². The number of rotatable bonds is 5. The van der Waals surface area contributed by atoms with Gasteiger partial charge in [-0.2, -0.15) is 0 Å². The molecule has 0 amide bonds. The molecule has 21 heavy (non-hydrogen) atoms. The standard InChI is InChI=1S/C17H19Cl2NO/c1-3-16(20)17(12-5-4-6-13(18)10-12)21-14-7-8-15(19)11(2)9-14/h4-10,16-17H,3,20H2,1-2H3. The van der Waals surface area contributed by atoms with Crippen molar-refractivity contribution >= 4 is 23.2 Å². The Labute approximate surface area is 135 Å². The highest BCUT2D eigenvalue weighted by Gasteiger charge is 2.21. The van der Waals surface area contributed by atoms with Gasteiger partial charge in [0.05, 0.1) is 0 Å². The van der Waals surface area contributed by atoms with Crippen LogP contribution in [-0.4, -0.2) is 6.04 Å². The normalized spacial score (nSPS) is 13.8. The molecule has 0 fully saturated rings. The summed E-state index contributed by atoms with van der Waals surface area (Å²) < 4.78 is 6.10. The molecule has 2 nitrogen and oxygen atoms in total. The van der Waals surface area contributed by atoms with Crippen molar-refractivity contribution in [3.8, 4) is 5.75 Å². The van der Waals surface area contributed by atoms with Crippen LogP contribution in [0.15, 0.2) is 42.5 Å². The predicted octanol–water partition coefficient (Wildman–Crippen LogP) is 5.16. The van der Waals surface area contributed by atoms with Gasteiger partial charge >= 0.3 is 0 Å². The van der Waals surface area contributed by atoms with Crippen LogP contribution in [0.2, 0.25) is 10.0 Å². The maximum absolute atomic E-state index is 6.22. The van der Waals surface area contributed by atoms with Crippen LogP contribution in [0.3, 0.4) is 0 Å². The van der Waals surface area contributed by atoms with Crippen LogP contribution in [0, 0.1) is 6.92 Å². The van der Waals surface area contributed by atoms with Gasteiger partial charge in [-0.3, -0.25) is 0 Å². The summed E-state index contributed by atoms with van der Waals surface area (Å²) in [6.45, 7) is 3.99. The molecule has 0 saturated heterocycles. The Balaban J connectivity index is 2.30. The van der Waals surface area contributed by atoms with Crippen molar-refractivity contribution in [2.24, 2.45) is 5.73 Å². The van der Waals surface area contributed by atoms with E-state index in [0.717, 1.165) is 28.3 Å². The second-order valence-electron chi connectivity index (χ2n) is 5.08. The fourth-order valence-electron chi connectivity index (χ4n) is 2.14. The second-order valence-corrected chi connectivity index (χ2v) is 5.92. The van der Waals surface area contributed by atoms with E-state index in [1.54, 1.807) is 0 Å². The minimum atomic E-state index is -0.241. The highest BCUT2D eigenvalue weighted by Crippen LogP contribution is 2.29. The van der Waals surface area contributed by atoms with E-state index in [0.29, 0.717) is 5.02 Å². The Morgan fingerprint density at radius 1 is 1.14 bits per heavy atom. The molecule has 2 N–H and O–H groups in total. The zero-order chi connectivity index (χ0) is 15.4. The summed E-state index contributed by atoms with van der Waals surface area (Å²) in [5.41, 5.74) is 8.17. The molecule has 0 aromatic heterocycles. The van der Waals surface area contributed by atoms with E-state index in [-0.39, 0.29) is 12.1 Å². The lowest BCUT2D eigenvalue weighted by Crippen LogP contribution is -2.31. The van der Waals surface area contributed by atoms with Crippen LogP contribution >= 0.6 is 23.2 Å². The van der Waals surface area contributed by atoms with Crippen molar-refractivity contribution in [3.63, 3.8) is 0 Å². The van der Waals surface area contributed by atoms with Gasteiger partial charge < -0.3 is 10.5 Å². The third-order valence-corrected chi connectivity index (χ3v) is 4.09. The van der Waals surface area contributed by atoms with Crippen molar-refractivity contribution in [1.82, 2.24) is 0 Å². The van der Waals surface area contributed by atoms with Crippen LogP contribution in [0.25, 0.3) is 0 Å². The van der Waals surface area contributed by atoms with E-state index in [9.17, 15) is 0 Å². The molecule has 0 aliphatic carbocycles. The van der Waals surface area contributed by atoms with E-state index >= 15 is 0 Å². The minimum absolute atomic E-state index is 0.112. The summed E-state index contributed by atoms with van der Waals surface area (Å²) in [7, 11) is 0. The summed E-state index contributed by atoms with van der Waals surface area (Å²) in [6.07, 6.45) is 0.568. The third-order valence-electron chi connectivity index (χ3n) is 3.43. The summed E-state index contributed by atoms with van der Waals surface area (Å²) in [5, 5.41) is 1.40. The van der Waals surface area contributed by atoms with Crippen LogP contribution < -0.4 is 10.5 Å². The van der Waals surface area contributed by atoms with Crippen LogP contribution in [-0.2, 0) is 0 Å². The van der Waals surface area contributed by atoms with E-state index < -0.39 is 0 Å². The number of benzene rings is 2. The third kappa shape index (κ3) is 4.13. The highest BCUT2D eigenvalue weighted by molar-refractivity contribution is 6.31. The van der Waals surface area contributed by atoms with Gasteiger partial charge in [-0.15, -0.1) is 0 Å². The van der Waals surface area contributed by atoms with Gasteiger partial charge in [-0.05, 0) is 54.8 Å². The first-order chi connectivity index (χ1) is 10.0. The molecule has 0 saturated carbocycles. The van der Waals surface area contributed by atoms with Crippen molar-refractivity contribution in [3.05, 3.63) is 63.6 Å². The number of nitrogens with two attached hydrogens (primary N) is 1. The predicted molar refractivity (Wildman–Crippen MR) is 89.3 cm³/mol. The number of aryl methyl sites for hydroxylation is 1. The van der Waals surface area contributed by atoms with Crippen molar-refractivity contribution in [2.75, 3.05) is 0 Å². The summed E-state index contributed by atoms with van der Waals surface area (Å²) in [6, 6.07) is 13.1. The molecule has 2 aromatic rings. The van der Waals surface area contributed by atoms with Crippen molar-refractivity contribution in [2.45, 2.75) is 32.4 Å². The first kappa shape index (κ1) is 16.2. The molecule has 112 valence electrons. The molecule has 0 aliphatic rings. The van der Waals surface area contributed by atoms with Crippen molar-refractivity contribution in [1.29, 1.82) is 0 Å². The fourth-order valence-corrected chi connectivity index (χ4v) is 2.45. The maximum atomic E-state index is 6.22. The van der Waals surface area contributed by atoms with Gasteiger partial charge in [0.2, 0.25) is 0 Å². The quantitative estimate of drug-likeness (QED) is 0.824.